The van der Waals surface area contributed by atoms with Crippen LogP contribution in [0.5, 0.6) is 0 Å². The minimum absolute atomic E-state index is 0.0530. The molecular weight excluding hydrogens is 176 g/mol. The summed E-state index contributed by atoms with van der Waals surface area (Å²) in [6, 6.07) is 7.71. The van der Waals surface area contributed by atoms with Crippen LogP contribution in [0.3, 0.4) is 0 Å². The number of rotatable bonds is 2. The van der Waals surface area contributed by atoms with Crippen molar-refractivity contribution in [3.05, 3.63) is 42.2 Å². The molecule has 0 amide bonds. The maximum Gasteiger partial charge on any atom is 0.152 e. The number of hydrogen-bond acceptors (Lipinski definition) is 2. The normalized spacial score (nSPS) is 11.2. The van der Waals surface area contributed by atoms with E-state index in [0.717, 1.165) is 16.5 Å². The van der Waals surface area contributed by atoms with Crippen LogP contribution in [0.2, 0.25) is 0 Å². The van der Waals surface area contributed by atoms with Crippen molar-refractivity contribution >= 4 is 22.8 Å². The van der Waals surface area contributed by atoms with Crippen LogP contribution in [-0.4, -0.2) is 5.78 Å². The lowest BCUT2D eigenvalue weighted by molar-refractivity contribution is -0.112. The second-order valence-corrected chi connectivity index (χ2v) is 3.16. The van der Waals surface area contributed by atoms with E-state index in [1.54, 1.807) is 18.4 Å². The van der Waals surface area contributed by atoms with Gasteiger partial charge in [0.1, 0.15) is 5.58 Å². The number of ketones is 1. The largest absolute Gasteiger partial charge is 0.464 e. The van der Waals surface area contributed by atoms with Gasteiger partial charge >= 0.3 is 0 Å². The highest BCUT2D eigenvalue weighted by molar-refractivity contribution is 5.92. The van der Waals surface area contributed by atoms with Crippen LogP contribution < -0.4 is 0 Å². The van der Waals surface area contributed by atoms with Crippen LogP contribution in [0.15, 0.2) is 41.0 Å². The van der Waals surface area contributed by atoms with E-state index in [1.807, 2.05) is 24.3 Å². The zero-order valence-electron chi connectivity index (χ0n) is 7.86. The molecule has 2 aromatic rings. The third-order valence-electron chi connectivity index (χ3n) is 1.99. The number of allylic oxidation sites excluding steroid dienone is 1. The summed E-state index contributed by atoms with van der Waals surface area (Å²) in [4.78, 5) is 10.7. The molecule has 0 fully saturated rings. The first-order valence-corrected chi connectivity index (χ1v) is 4.41. The van der Waals surface area contributed by atoms with E-state index in [2.05, 4.69) is 0 Å². The van der Waals surface area contributed by atoms with Gasteiger partial charge in [-0.3, -0.25) is 4.79 Å². The Labute approximate surface area is 81.8 Å². The number of fused-ring (bicyclic) bond motifs is 1. The topological polar surface area (TPSA) is 30.2 Å². The second kappa shape index (κ2) is 3.50. The van der Waals surface area contributed by atoms with Crippen LogP contribution >= 0.6 is 0 Å². The van der Waals surface area contributed by atoms with Gasteiger partial charge in [-0.25, -0.2) is 0 Å². The van der Waals surface area contributed by atoms with Crippen molar-refractivity contribution in [3.8, 4) is 0 Å². The van der Waals surface area contributed by atoms with E-state index in [9.17, 15) is 4.79 Å². The fraction of sp³-hybridized carbons (Fsp3) is 0.0833. The van der Waals surface area contributed by atoms with Gasteiger partial charge in [0.05, 0.1) is 6.26 Å². The molecule has 2 rings (SSSR count). The molecule has 0 saturated heterocycles. The van der Waals surface area contributed by atoms with Gasteiger partial charge in [0, 0.05) is 5.39 Å². The second-order valence-electron chi connectivity index (χ2n) is 3.16. The van der Waals surface area contributed by atoms with E-state index in [1.165, 1.54) is 6.92 Å². The average Bonchev–Trinajstić information content (AvgIpc) is 2.61. The molecule has 0 saturated carbocycles. The summed E-state index contributed by atoms with van der Waals surface area (Å²) >= 11 is 0. The van der Waals surface area contributed by atoms with E-state index in [0.29, 0.717) is 0 Å². The van der Waals surface area contributed by atoms with E-state index < -0.39 is 0 Å². The Morgan fingerprint density at radius 1 is 1.36 bits per heavy atom. The fourth-order valence-electron chi connectivity index (χ4n) is 1.30. The summed E-state index contributed by atoms with van der Waals surface area (Å²) in [7, 11) is 0. The predicted octanol–water partition coefficient (Wildman–Crippen LogP) is 3.04. The van der Waals surface area contributed by atoms with Crippen molar-refractivity contribution in [1.82, 2.24) is 0 Å². The van der Waals surface area contributed by atoms with E-state index in [4.69, 9.17) is 4.42 Å². The molecule has 0 spiro atoms. The highest BCUT2D eigenvalue weighted by atomic mass is 16.3. The van der Waals surface area contributed by atoms with E-state index in [-0.39, 0.29) is 5.78 Å². The fourth-order valence-corrected chi connectivity index (χ4v) is 1.30. The van der Waals surface area contributed by atoms with Gasteiger partial charge in [-0.15, -0.1) is 0 Å². The third kappa shape index (κ3) is 1.74. The zero-order valence-corrected chi connectivity index (χ0v) is 7.86. The minimum Gasteiger partial charge on any atom is -0.464 e. The van der Waals surface area contributed by atoms with Gasteiger partial charge in [-0.2, -0.15) is 0 Å². The molecule has 0 aliphatic carbocycles. The van der Waals surface area contributed by atoms with Gasteiger partial charge in [0.15, 0.2) is 5.78 Å². The highest BCUT2D eigenvalue weighted by Crippen LogP contribution is 2.17. The Morgan fingerprint density at radius 2 is 2.21 bits per heavy atom. The molecule has 0 aliphatic rings. The highest BCUT2D eigenvalue weighted by Gasteiger charge is 1.96. The predicted molar refractivity (Wildman–Crippen MR) is 55.9 cm³/mol. The lowest BCUT2D eigenvalue weighted by atomic mass is 10.1. The molecule has 0 N–H and O–H groups in total. The lowest BCUT2D eigenvalue weighted by Gasteiger charge is -1.92. The lowest BCUT2D eigenvalue weighted by Crippen LogP contribution is -1.79. The van der Waals surface area contributed by atoms with Crippen LogP contribution in [-0.2, 0) is 4.79 Å². The molecular formula is C12H10O2. The molecule has 0 bridgehead atoms. The Kier molecular flexibility index (Phi) is 2.19. The molecule has 1 heterocycles. The smallest absolute Gasteiger partial charge is 0.152 e. The number of furan rings is 1. The molecule has 70 valence electrons. The first-order chi connectivity index (χ1) is 6.75. The molecule has 14 heavy (non-hydrogen) atoms. The van der Waals surface area contributed by atoms with Crippen molar-refractivity contribution in [1.29, 1.82) is 0 Å². The first kappa shape index (κ1) is 8.75. The molecule has 1 aromatic heterocycles. The number of hydrogen-bond donors (Lipinski definition) is 0. The van der Waals surface area contributed by atoms with Gasteiger partial charge in [-0.1, -0.05) is 12.1 Å². The van der Waals surface area contributed by atoms with Crippen LogP contribution in [0.1, 0.15) is 12.5 Å². The number of benzene rings is 1. The van der Waals surface area contributed by atoms with Gasteiger partial charge in [0.25, 0.3) is 0 Å². The molecule has 1 aromatic carbocycles. The Hall–Kier alpha value is -1.83. The molecule has 0 unspecified atom stereocenters. The average molecular weight is 186 g/mol. The Bertz CT molecular complexity index is 492. The van der Waals surface area contributed by atoms with Gasteiger partial charge in [0.2, 0.25) is 0 Å². The number of carbonyl (C=O) groups is 1. The summed E-state index contributed by atoms with van der Waals surface area (Å²) < 4.78 is 5.21. The van der Waals surface area contributed by atoms with Crippen molar-refractivity contribution in [2.24, 2.45) is 0 Å². The third-order valence-corrected chi connectivity index (χ3v) is 1.99. The Balaban J connectivity index is 2.39. The van der Waals surface area contributed by atoms with Crippen molar-refractivity contribution in [2.75, 3.05) is 0 Å². The molecule has 2 nitrogen and oxygen atoms in total. The van der Waals surface area contributed by atoms with Crippen LogP contribution in [0.25, 0.3) is 17.0 Å². The molecule has 2 heteroatoms. The Morgan fingerprint density at radius 3 is 3.00 bits per heavy atom. The van der Waals surface area contributed by atoms with Crippen molar-refractivity contribution in [3.63, 3.8) is 0 Å². The van der Waals surface area contributed by atoms with Crippen molar-refractivity contribution < 1.29 is 9.21 Å². The summed E-state index contributed by atoms with van der Waals surface area (Å²) in [5, 5.41) is 1.05. The standard InChI is InChI=1S/C12H10O2/c1-9(13)2-3-10-4-5-12-11(8-10)6-7-14-12/h2-8H,1H3/b3-2+. The zero-order chi connectivity index (χ0) is 9.97. The first-order valence-electron chi connectivity index (χ1n) is 4.41. The van der Waals surface area contributed by atoms with Crippen LogP contribution in [0, 0.1) is 0 Å². The van der Waals surface area contributed by atoms with Crippen LogP contribution in [0.4, 0.5) is 0 Å². The van der Waals surface area contributed by atoms with Crippen molar-refractivity contribution in [2.45, 2.75) is 6.92 Å². The maximum absolute atomic E-state index is 10.7. The monoisotopic (exact) mass is 186 g/mol. The quantitative estimate of drug-likeness (QED) is 0.675. The maximum atomic E-state index is 10.7. The summed E-state index contributed by atoms with van der Waals surface area (Å²) in [5.74, 6) is 0.0530. The summed E-state index contributed by atoms with van der Waals surface area (Å²) in [6.45, 7) is 1.53. The number of carbonyl (C=O) groups excluding carboxylic acids is 1. The molecule has 0 aliphatic heterocycles. The van der Waals surface area contributed by atoms with Gasteiger partial charge < -0.3 is 4.42 Å². The molecule has 0 radical (unpaired) electrons. The van der Waals surface area contributed by atoms with E-state index >= 15 is 0 Å². The summed E-state index contributed by atoms with van der Waals surface area (Å²) in [5.41, 5.74) is 1.87. The minimum atomic E-state index is 0.0530. The van der Waals surface area contributed by atoms with Gasteiger partial charge in [-0.05, 0) is 36.8 Å². The SMILES string of the molecule is CC(=O)/C=C/c1ccc2occc2c1. The summed E-state index contributed by atoms with van der Waals surface area (Å²) in [6.07, 6.45) is 5.01. The molecule has 0 atom stereocenters.